The molecule has 1 atom stereocenters. The molecule has 1 aliphatic heterocycles. The van der Waals surface area contributed by atoms with Gasteiger partial charge in [-0.05, 0) is 43.4 Å². The first-order valence-corrected chi connectivity index (χ1v) is 7.05. The fourth-order valence-corrected chi connectivity index (χ4v) is 2.56. The number of carbonyl (C=O) groups is 1. The summed E-state index contributed by atoms with van der Waals surface area (Å²) in [4.78, 5) is 12.0. The van der Waals surface area contributed by atoms with Gasteiger partial charge in [0.2, 0.25) is 0 Å². The molecule has 1 aromatic carbocycles. The molecule has 0 bridgehead atoms. The average molecular weight is 278 g/mol. The van der Waals surface area contributed by atoms with Crippen molar-refractivity contribution in [3.05, 3.63) is 29.8 Å². The van der Waals surface area contributed by atoms with Gasteiger partial charge in [0.25, 0.3) is 0 Å². The van der Waals surface area contributed by atoms with Gasteiger partial charge >= 0.3 is 5.97 Å². The Morgan fingerprint density at radius 1 is 1.40 bits per heavy atom. The highest BCUT2D eigenvalue weighted by Crippen LogP contribution is 2.26. The normalized spacial score (nSPS) is 17.5. The molecule has 20 heavy (non-hydrogen) atoms. The van der Waals surface area contributed by atoms with Crippen LogP contribution in [0.1, 0.15) is 18.4 Å². The van der Waals surface area contributed by atoms with E-state index >= 15 is 0 Å². The molecule has 0 radical (unpaired) electrons. The molecule has 4 heteroatoms. The van der Waals surface area contributed by atoms with Crippen molar-refractivity contribution in [2.45, 2.75) is 19.8 Å². The predicted octanol–water partition coefficient (Wildman–Crippen LogP) is 2.59. The topological polar surface area (TPSA) is 44.8 Å². The van der Waals surface area contributed by atoms with Crippen LogP contribution in [0.15, 0.2) is 24.3 Å². The van der Waals surface area contributed by atoms with E-state index in [4.69, 9.17) is 14.2 Å². The van der Waals surface area contributed by atoms with Gasteiger partial charge in [-0.1, -0.05) is 12.1 Å². The first-order valence-electron chi connectivity index (χ1n) is 7.05. The number of rotatable bonds is 5. The molecule has 0 aromatic heterocycles. The molecule has 1 aromatic rings. The molecule has 0 spiro atoms. The van der Waals surface area contributed by atoms with E-state index in [-0.39, 0.29) is 17.8 Å². The van der Waals surface area contributed by atoms with E-state index in [2.05, 4.69) is 0 Å². The monoisotopic (exact) mass is 278 g/mol. The Kier molecular flexibility index (Phi) is 5.41. The molecule has 1 unspecified atom stereocenters. The molecule has 110 valence electrons. The van der Waals surface area contributed by atoms with E-state index in [1.165, 1.54) is 7.11 Å². The highest BCUT2D eigenvalue weighted by molar-refractivity contribution is 5.72. The highest BCUT2D eigenvalue weighted by atomic mass is 16.5. The van der Waals surface area contributed by atoms with E-state index in [1.807, 2.05) is 31.2 Å². The molecule has 0 N–H and O–H groups in total. The molecule has 0 aliphatic carbocycles. The van der Waals surface area contributed by atoms with E-state index in [9.17, 15) is 4.79 Å². The van der Waals surface area contributed by atoms with Crippen LogP contribution in [0.2, 0.25) is 0 Å². The number of carbonyl (C=O) groups excluding carboxylic acids is 1. The van der Waals surface area contributed by atoms with Crippen LogP contribution in [0.25, 0.3) is 0 Å². The number of methoxy groups -OCH3 is 1. The summed E-state index contributed by atoms with van der Waals surface area (Å²) in [6.07, 6.45) is 1.77. The maximum absolute atomic E-state index is 12.0. The lowest BCUT2D eigenvalue weighted by Gasteiger charge is -2.28. The quantitative estimate of drug-likeness (QED) is 0.777. The van der Waals surface area contributed by atoms with Gasteiger partial charge in [-0.2, -0.15) is 0 Å². The zero-order valence-electron chi connectivity index (χ0n) is 12.1. The zero-order chi connectivity index (χ0) is 14.4. The third-order valence-corrected chi connectivity index (χ3v) is 3.76. The molecule has 1 saturated heterocycles. The summed E-state index contributed by atoms with van der Waals surface area (Å²) in [6, 6.07) is 7.85. The SMILES string of the molecule is COC(=O)C(COc1cccc(C)c1)C1CCOCC1. The number of esters is 1. The van der Waals surface area contributed by atoms with Crippen molar-refractivity contribution in [3.63, 3.8) is 0 Å². The predicted molar refractivity (Wildman–Crippen MR) is 75.7 cm³/mol. The molecule has 0 saturated carbocycles. The Morgan fingerprint density at radius 2 is 2.15 bits per heavy atom. The molecular weight excluding hydrogens is 256 g/mol. The van der Waals surface area contributed by atoms with Gasteiger partial charge in [-0.15, -0.1) is 0 Å². The molecule has 0 amide bonds. The van der Waals surface area contributed by atoms with Crippen molar-refractivity contribution in [1.82, 2.24) is 0 Å². The lowest BCUT2D eigenvalue weighted by molar-refractivity contribution is -0.150. The van der Waals surface area contributed by atoms with Gasteiger partial charge in [-0.25, -0.2) is 0 Å². The van der Waals surface area contributed by atoms with Crippen molar-refractivity contribution >= 4 is 5.97 Å². The lowest BCUT2D eigenvalue weighted by atomic mass is 9.86. The van der Waals surface area contributed by atoms with Gasteiger partial charge in [0.15, 0.2) is 0 Å². The second kappa shape index (κ2) is 7.29. The summed E-state index contributed by atoms with van der Waals surface area (Å²) in [5.74, 6) is 0.668. The van der Waals surface area contributed by atoms with Crippen LogP contribution in [0.4, 0.5) is 0 Å². The second-order valence-corrected chi connectivity index (χ2v) is 5.21. The number of aryl methyl sites for hydroxylation is 1. The van der Waals surface area contributed by atoms with Crippen molar-refractivity contribution in [3.8, 4) is 5.75 Å². The lowest BCUT2D eigenvalue weighted by Crippen LogP contribution is -2.34. The Morgan fingerprint density at radius 3 is 2.80 bits per heavy atom. The molecular formula is C16H22O4. The van der Waals surface area contributed by atoms with Crippen LogP contribution in [0.3, 0.4) is 0 Å². The number of benzene rings is 1. The maximum atomic E-state index is 12.0. The number of hydrogen-bond acceptors (Lipinski definition) is 4. The Balaban J connectivity index is 1.98. The van der Waals surface area contributed by atoms with E-state index < -0.39 is 0 Å². The first-order chi connectivity index (χ1) is 9.70. The molecule has 1 heterocycles. The van der Waals surface area contributed by atoms with Crippen LogP contribution >= 0.6 is 0 Å². The molecule has 1 aliphatic rings. The summed E-state index contributed by atoms with van der Waals surface area (Å²) in [5.41, 5.74) is 1.14. The Labute approximate surface area is 120 Å². The van der Waals surface area contributed by atoms with Crippen molar-refractivity contribution < 1.29 is 19.0 Å². The van der Waals surface area contributed by atoms with Gasteiger partial charge in [-0.3, -0.25) is 4.79 Å². The van der Waals surface area contributed by atoms with E-state index in [0.717, 1.165) is 24.2 Å². The zero-order valence-corrected chi connectivity index (χ0v) is 12.1. The molecule has 1 fully saturated rings. The van der Waals surface area contributed by atoms with Crippen molar-refractivity contribution in [2.24, 2.45) is 11.8 Å². The maximum Gasteiger partial charge on any atom is 0.312 e. The first kappa shape index (κ1) is 14.9. The van der Waals surface area contributed by atoms with Crippen LogP contribution in [-0.2, 0) is 14.3 Å². The van der Waals surface area contributed by atoms with Crippen molar-refractivity contribution in [1.29, 1.82) is 0 Å². The third kappa shape index (κ3) is 3.97. The molecule has 2 rings (SSSR count). The minimum Gasteiger partial charge on any atom is -0.493 e. The van der Waals surface area contributed by atoms with Crippen LogP contribution < -0.4 is 4.74 Å². The fraction of sp³-hybridized carbons (Fsp3) is 0.562. The minimum atomic E-state index is -0.218. The smallest absolute Gasteiger partial charge is 0.312 e. The van der Waals surface area contributed by atoms with Gasteiger partial charge in [0, 0.05) is 13.2 Å². The fourth-order valence-electron chi connectivity index (χ4n) is 2.56. The second-order valence-electron chi connectivity index (χ2n) is 5.21. The Hall–Kier alpha value is -1.55. The number of ether oxygens (including phenoxy) is 3. The third-order valence-electron chi connectivity index (χ3n) is 3.76. The van der Waals surface area contributed by atoms with Gasteiger partial charge in [0.1, 0.15) is 12.4 Å². The molecule has 4 nitrogen and oxygen atoms in total. The largest absolute Gasteiger partial charge is 0.493 e. The summed E-state index contributed by atoms with van der Waals surface area (Å²) >= 11 is 0. The van der Waals surface area contributed by atoms with E-state index in [1.54, 1.807) is 0 Å². The van der Waals surface area contributed by atoms with Gasteiger partial charge in [0.05, 0.1) is 13.0 Å². The summed E-state index contributed by atoms with van der Waals surface area (Å²) in [6.45, 7) is 3.80. The summed E-state index contributed by atoms with van der Waals surface area (Å²) < 4.78 is 16.1. The average Bonchev–Trinajstić information content (AvgIpc) is 2.48. The summed E-state index contributed by atoms with van der Waals surface area (Å²) in [7, 11) is 1.43. The standard InChI is InChI=1S/C16H22O4/c1-12-4-3-5-14(10-12)20-11-15(16(17)18-2)13-6-8-19-9-7-13/h3-5,10,13,15H,6-9,11H2,1-2H3. The van der Waals surface area contributed by atoms with Crippen molar-refractivity contribution in [2.75, 3.05) is 26.9 Å². The van der Waals surface area contributed by atoms with E-state index in [0.29, 0.717) is 19.8 Å². The van der Waals surface area contributed by atoms with Crippen LogP contribution in [0.5, 0.6) is 5.75 Å². The minimum absolute atomic E-state index is 0.190. The number of hydrogen-bond donors (Lipinski definition) is 0. The van der Waals surface area contributed by atoms with Crippen LogP contribution in [-0.4, -0.2) is 32.9 Å². The highest BCUT2D eigenvalue weighted by Gasteiger charge is 2.31. The summed E-state index contributed by atoms with van der Waals surface area (Å²) in [5, 5.41) is 0. The van der Waals surface area contributed by atoms with Gasteiger partial charge < -0.3 is 14.2 Å². The Bertz CT molecular complexity index is 438. The van der Waals surface area contributed by atoms with Crippen LogP contribution in [0, 0.1) is 18.8 Å².